The van der Waals surface area contributed by atoms with Crippen molar-refractivity contribution in [3.8, 4) is 0 Å². The van der Waals surface area contributed by atoms with Crippen molar-refractivity contribution < 1.29 is 14.6 Å². The molecule has 2 aliphatic heterocycles. The van der Waals surface area contributed by atoms with E-state index in [9.17, 15) is 5.11 Å². The van der Waals surface area contributed by atoms with Crippen LogP contribution < -0.4 is 0 Å². The summed E-state index contributed by atoms with van der Waals surface area (Å²) in [4.78, 5) is 0. The molecule has 1 spiro atoms. The van der Waals surface area contributed by atoms with Crippen molar-refractivity contribution in [2.45, 2.75) is 103 Å². The van der Waals surface area contributed by atoms with E-state index in [1.807, 2.05) is 0 Å². The minimum absolute atomic E-state index is 0.107. The van der Waals surface area contributed by atoms with Gasteiger partial charge in [0.05, 0.1) is 18.8 Å². The SMILES string of the molecule is CC1CC[C@@]2(OC1)OC1CC3C4CC=C5CC(O)CCC5(C)C4CCC3(C)C1C2C. The molecule has 0 radical (unpaired) electrons. The minimum atomic E-state index is -0.294. The lowest BCUT2D eigenvalue weighted by molar-refractivity contribution is -0.272. The zero-order chi connectivity index (χ0) is 20.9. The average molecular weight is 415 g/mol. The molecule has 0 amide bonds. The second kappa shape index (κ2) is 6.58. The van der Waals surface area contributed by atoms with Gasteiger partial charge in [-0.1, -0.05) is 39.3 Å². The monoisotopic (exact) mass is 414 g/mol. The largest absolute Gasteiger partial charge is 0.393 e. The highest BCUT2D eigenvalue weighted by atomic mass is 16.7. The van der Waals surface area contributed by atoms with Crippen molar-refractivity contribution in [2.75, 3.05) is 6.61 Å². The van der Waals surface area contributed by atoms with E-state index in [0.29, 0.717) is 34.7 Å². The molecule has 11 atom stereocenters. The quantitative estimate of drug-likeness (QED) is 0.516. The van der Waals surface area contributed by atoms with E-state index in [-0.39, 0.29) is 11.9 Å². The van der Waals surface area contributed by atoms with Gasteiger partial charge in [0.25, 0.3) is 0 Å². The van der Waals surface area contributed by atoms with Gasteiger partial charge in [0.15, 0.2) is 5.79 Å². The Morgan fingerprint density at radius 3 is 2.63 bits per heavy atom. The molecule has 5 fully saturated rings. The van der Waals surface area contributed by atoms with E-state index in [4.69, 9.17) is 9.47 Å². The summed E-state index contributed by atoms with van der Waals surface area (Å²) in [5.74, 6) is 3.94. The number of fused-ring (bicyclic) bond motifs is 7. The minimum Gasteiger partial charge on any atom is -0.393 e. The summed E-state index contributed by atoms with van der Waals surface area (Å²) in [6.07, 6.45) is 13.5. The highest BCUT2D eigenvalue weighted by Gasteiger charge is 2.68. The van der Waals surface area contributed by atoms with Crippen LogP contribution in [0.1, 0.15) is 85.5 Å². The first kappa shape index (κ1) is 20.2. The van der Waals surface area contributed by atoms with Gasteiger partial charge in [-0.15, -0.1) is 0 Å². The lowest BCUT2D eigenvalue weighted by atomic mass is 9.47. The van der Waals surface area contributed by atoms with Crippen molar-refractivity contribution in [3.05, 3.63) is 11.6 Å². The number of hydrogen-bond donors (Lipinski definition) is 1. The molecule has 2 heterocycles. The molecule has 0 bridgehead atoms. The maximum atomic E-state index is 10.3. The van der Waals surface area contributed by atoms with E-state index < -0.39 is 0 Å². The van der Waals surface area contributed by atoms with Crippen LogP contribution in [0.5, 0.6) is 0 Å². The molecule has 168 valence electrons. The van der Waals surface area contributed by atoms with Gasteiger partial charge in [-0.05, 0) is 91.8 Å². The Morgan fingerprint density at radius 1 is 1.03 bits per heavy atom. The molecule has 1 N–H and O–H groups in total. The van der Waals surface area contributed by atoms with Crippen LogP contribution in [0.3, 0.4) is 0 Å². The standard InChI is InChI=1S/C27H42O3/c1-16-7-12-27(29-15-16)17(2)24-23(30-27)14-22-20-6-5-18-13-19(28)8-10-25(18,3)21(20)9-11-26(22,24)4/h5,16-17,19-24,28H,6-15H2,1-4H3/t16?,17?,19?,20?,21?,22?,23?,24?,25?,26?,27-/m1/s1. The van der Waals surface area contributed by atoms with Crippen LogP contribution in [-0.4, -0.2) is 29.7 Å². The summed E-state index contributed by atoms with van der Waals surface area (Å²) >= 11 is 0. The fraction of sp³-hybridized carbons (Fsp3) is 0.926. The summed E-state index contributed by atoms with van der Waals surface area (Å²) in [5, 5.41) is 10.3. The average Bonchev–Trinajstić information content (AvgIpc) is 3.16. The van der Waals surface area contributed by atoms with Crippen LogP contribution in [0.15, 0.2) is 11.6 Å². The van der Waals surface area contributed by atoms with Gasteiger partial charge >= 0.3 is 0 Å². The third kappa shape index (κ3) is 2.55. The van der Waals surface area contributed by atoms with Crippen LogP contribution >= 0.6 is 0 Å². The fourth-order valence-corrected chi connectivity index (χ4v) is 9.66. The lowest BCUT2D eigenvalue weighted by Gasteiger charge is -2.58. The number of allylic oxidation sites excluding steroid dienone is 1. The molecular formula is C27H42O3. The Morgan fingerprint density at radius 2 is 1.87 bits per heavy atom. The molecule has 3 saturated carbocycles. The van der Waals surface area contributed by atoms with Gasteiger partial charge in [0.1, 0.15) is 0 Å². The number of ether oxygens (including phenoxy) is 2. The Bertz CT molecular complexity index is 736. The van der Waals surface area contributed by atoms with Crippen molar-refractivity contribution in [3.63, 3.8) is 0 Å². The molecule has 10 unspecified atom stereocenters. The van der Waals surface area contributed by atoms with E-state index in [0.717, 1.165) is 43.6 Å². The zero-order valence-corrected chi connectivity index (χ0v) is 19.5. The fourth-order valence-electron chi connectivity index (χ4n) is 9.66. The van der Waals surface area contributed by atoms with Crippen molar-refractivity contribution >= 4 is 0 Å². The van der Waals surface area contributed by atoms with E-state index in [2.05, 4.69) is 33.8 Å². The molecule has 3 nitrogen and oxygen atoms in total. The van der Waals surface area contributed by atoms with Gasteiger partial charge in [-0.25, -0.2) is 0 Å². The first-order chi connectivity index (χ1) is 14.3. The highest BCUT2D eigenvalue weighted by Crippen LogP contribution is 2.70. The molecule has 0 aromatic rings. The zero-order valence-electron chi connectivity index (χ0n) is 19.5. The lowest BCUT2D eigenvalue weighted by Crippen LogP contribution is -2.52. The van der Waals surface area contributed by atoms with Gasteiger partial charge in [-0.3, -0.25) is 0 Å². The molecule has 0 aromatic heterocycles. The summed E-state index contributed by atoms with van der Waals surface area (Å²) in [6.45, 7) is 10.8. The molecule has 0 aromatic carbocycles. The number of rotatable bonds is 0. The predicted molar refractivity (Wildman–Crippen MR) is 118 cm³/mol. The molecule has 6 rings (SSSR count). The topological polar surface area (TPSA) is 38.7 Å². The molecular weight excluding hydrogens is 372 g/mol. The highest BCUT2D eigenvalue weighted by molar-refractivity contribution is 5.26. The maximum absolute atomic E-state index is 10.3. The number of hydrogen-bond acceptors (Lipinski definition) is 3. The summed E-state index contributed by atoms with van der Waals surface area (Å²) in [6, 6.07) is 0. The Labute approximate surface area is 183 Å². The van der Waals surface area contributed by atoms with Gasteiger partial charge in [-0.2, -0.15) is 0 Å². The molecule has 30 heavy (non-hydrogen) atoms. The van der Waals surface area contributed by atoms with Crippen molar-refractivity contribution in [2.24, 2.45) is 46.3 Å². The number of aliphatic hydroxyl groups excluding tert-OH is 1. The van der Waals surface area contributed by atoms with Crippen molar-refractivity contribution in [1.82, 2.24) is 0 Å². The normalized spacial score (nSPS) is 59.8. The van der Waals surface area contributed by atoms with Crippen LogP contribution in [0.25, 0.3) is 0 Å². The van der Waals surface area contributed by atoms with E-state index in [1.54, 1.807) is 5.57 Å². The third-order valence-electron chi connectivity index (χ3n) is 11.3. The Kier molecular flexibility index (Phi) is 4.44. The maximum Gasteiger partial charge on any atom is 0.171 e. The smallest absolute Gasteiger partial charge is 0.171 e. The van der Waals surface area contributed by atoms with E-state index >= 15 is 0 Å². The second-order valence-electron chi connectivity index (χ2n) is 12.7. The predicted octanol–water partition coefficient (Wildman–Crippen LogP) is 5.71. The van der Waals surface area contributed by atoms with Crippen LogP contribution in [0, 0.1) is 46.3 Å². The third-order valence-corrected chi connectivity index (χ3v) is 11.3. The van der Waals surface area contributed by atoms with E-state index in [1.165, 1.54) is 38.5 Å². The molecule has 4 aliphatic carbocycles. The molecule has 2 saturated heterocycles. The Hall–Kier alpha value is -0.380. The van der Waals surface area contributed by atoms with Crippen molar-refractivity contribution in [1.29, 1.82) is 0 Å². The van der Waals surface area contributed by atoms with Crippen LogP contribution in [-0.2, 0) is 9.47 Å². The van der Waals surface area contributed by atoms with Crippen LogP contribution in [0.2, 0.25) is 0 Å². The molecule has 3 heteroatoms. The van der Waals surface area contributed by atoms with Crippen LogP contribution in [0.4, 0.5) is 0 Å². The summed E-state index contributed by atoms with van der Waals surface area (Å²) in [7, 11) is 0. The van der Waals surface area contributed by atoms with Gasteiger partial charge < -0.3 is 14.6 Å². The first-order valence-corrected chi connectivity index (χ1v) is 13.0. The second-order valence-corrected chi connectivity index (χ2v) is 12.7. The summed E-state index contributed by atoms with van der Waals surface area (Å²) in [5.41, 5.74) is 2.31. The van der Waals surface area contributed by atoms with Gasteiger partial charge in [0.2, 0.25) is 0 Å². The first-order valence-electron chi connectivity index (χ1n) is 13.0. The molecule has 6 aliphatic rings. The number of aliphatic hydroxyl groups is 1. The summed E-state index contributed by atoms with van der Waals surface area (Å²) < 4.78 is 13.3. The Balaban J connectivity index is 1.28. The van der Waals surface area contributed by atoms with Gasteiger partial charge in [0, 0.05) is 12.3 Å².